The molecule has 3 aromatic heterocycles. The van der Waals surface area contributed by atoms with Gasteiger partial charge in [-0.25, -0.2) is 9.97 Å². The van der Waals surface area contributed by atoms with Gasteiger partial charge in [0.1, 0.15) is 11.3 Å². The van der Waals surface area contributed by atoms with Gasteiger partial charge in [-0.05, 0) is 32.9 Å². The second kappa shape index (κ2) is 5.30. The van der Waals surface area contributed by atoms with Gasteiger partial charge in [0.25, 0.3) is 0 Å². The maximum Gasteiger partial charge on any atom is 0.215 e. The van der Waals surface area contributed by atoms with Crippen LogP contribution in [0.25, 0.3) is 28.1 Å². The summed E-state index contributed by atoms with van der Waals surface area (Å²) >= 11 is 0. The number of aromatic nitrogens is 4. The summed E-state index contributed by atoms with van der Waals surface area (Å²) in [5.74, 6) is 1.44. The molecule has 4 rings (SSSR count). The first-order valence-electron chi connectivity index (χ1n) is 7.86. The standard InChI is InChI=1S/C19H18N4O/c1-11-6-5-7-14(10-11)18-21-13(3)17-12(2)20-15-8-9-16(24-4)22-19(15)23(17)18/h5-10H,1-4H3. The molecule has 0 radical (unpaired) electrons. The monoisotopic (exact) mass is 318 g/mol. The number of hydrogen-bond acceptors (Lipinski definition) is 4. The van der Waals surface area contributed by atoms with Crippen molar-refractivity contribution >= 4 is 16.7 Å². The Kier molecular flexibility index (Phi) is 3.23. The fourth-order valence-corrected chi connectivity index (χ4v) is 3.16. The molecular weight excluding hydrogens is 300 g/mol. The van der Waals surface area contributed by atoms with Crippen LogP contribution in [0.3, 0.4) is 0 Å². The number of aryl methyl sites for hydroxylation is 3. The van der Waals surface area contributed by atoms with Gasteiger partial charge in [-0.1, -0.05) is 23.8 Å². The minimum Gasteiger partial charge on any atom is -0.481 e. The summed E-state index contributed by atoms with van der Waals surface area (Å²) in [5, 5.41) is 0. The first-order valence-corrected chi connectivity index (χ1v) is 7.86. The molecule has 0 fully saturated rings. The highest BCUT2D eigenvalue weighted by Gasteiger charge is 2.17. The quantitative estimate of drug-likeness (QED) is 0.563. The van der Waals surface area contributed by atoms with Gasteiger partial charge in [0.15, 0.2) is 5.65 Å². The van der Waals surface area contributed by atoms with Gasteiger partial charge in [-0.2, -0.15) is 4.98 Å². The van der Waals surface area contributed by atoms with Crippen molar-refractivity contribution in [1.29, 1.82) is 0 Å². The summed E-state index contributed by atoms with van der Waals surface area (Å²) in [5.41, 5.74) is 6.73. The lowest BCUT2D eigenvalue weighted by molar-refractivity contribution is 0.399. The molecule has 0 amide bonds. The molecule has 0 unspecified atom stereocenters. The number of ether oxygens (including phenoxy) is 1. The second-order valence-electron chi connectivity index (χ2n) is 5.97. The molecule has 4 aromatic rings. The highest BCUT2D eigenvalue weighted by atomic mass is 16.5. The lowest BCUT2D eigenvalue weighted by atomic mass is 10.1. The number of rotatable bonds is 2. The Hall–Kier alpha value is -2.95. The summed E-state index contributed by atoms with van der Waals surface area (Å²) < 4.78 is 7.39. The van der Waals surface area contributed by atoms with Crippen LogP contribution in [-0.2, 0) is 0 Å². The van der Waals surface area contributed by atoms with Crippen LogP contribution in [0.2, 0.25) is 0 Å². The smallest absolute Gasteiger partial charge is 0.215 e. The molecular formula is C19H18N4O. The molecule has 24 heavy (non-hydrogen) atoms. The molecule has 0 atom stereocenters. The summed E-state index contributed by atoms with van der Waals surface area (Å²) in [4.78, 5) is 14.1. The number of nitrogens with zero attached hydrogens (tertiary/aromatic N) is 4. The van der Waals surface area contributed by atoms with Crippen LogP contribution >= 0.6 is 0 Å². The maximum absolute atomic E-state index is 5.30. The molecule has 3 heterocycles. The number of hydrogen-bond donors (Lipinski definition) is 0. The predicted molar refractivity (Wildman–Crippen MR) is 94.5 cm³/mol. The van der Waals surface area contributed by atoms with Crippen LogP contribution in [0, 0.1) is 20.8 Å². The first-order chi connectivity index (χ1) is 11.6. The zero-order chi connectivity index (χ0) is 16.8. The van der Waals surface area contributed by atoms with E-state index in [1.165, 1.54) is 5.56 Å². The molecule has 1 aromatic carbocycles. The van der Waals surface area contributed by atoms with Gasteiger partial charge in [0.2, 0.25) is 5.88 Å². The third kappa shape index (κ3) is 2.12. The maximum atomic E-state index is 5.30. The van der Waals surface area contributed by atoms with E-state index in [4.69, 9.17) is 9.72 Å². The van der Waals surface area contributed by atoms with Crippen LogP contribution in [0.1, 0.15) is 17.0 Å². The van der Waals surface area contributed by atoms with Crippen molar-refractivity contribution in [2.75, 3.05) is 7.11 Å². The van der Waals surface area contributed by atoms with Crippen molar-refractivity contribution in [3.8, 4) is 17.3 Å². The number of pyridine rings is 1. The van der Waals surface area contributed by atoms with E-state index in [2.05, 4.69) is 39.5 Å². The topological polar surface area (TPSA) is 52.3 Å². The van der Waals surface area contributed by atoms with Crippen LogP contribution < -0.4 is 4.74 Å². The summed E-state index contributed by atoms with van der Waals surface area (Å²) in [6, 6.07) is 12.1. The normalized spacial score (nSPS) is 11.3. The van der Waals surface area contributed by atoms with E-state index >= 15 is 0 Å². The van der Waals surface area contributed by atoms with Crippen LogP contribution in [0.4, 0.5) is 0 Å². The molecule has 0 saturated carbocycles. The number of fused-ring (bicyclic) bond motifs is 3. The van der Waals surface area contributed by atoms with Crippen molar-refractivity contribution in [2.24, 2.45) is 0 Å². The van der Waals surface area contributed by atoms with Gasteiger partial charge in [-0.3, -0.25) is 4.40 Å². The fraction of sp³-hybridized carbons (Fsp3) is 0.211. The van der Waals surface area contributed by atoms with Crippen LogP contribution in [-0.4, -0.2) is 26.5 Å². The van der Waals surface area contributed by atoms with Crippen LogP contribution in [0.15, 0.2) is 36.4 Å². The van der Waals surface area contributed by atoms with Gasteiger partial charge in [0, 0.05) is 11.6 Å². The molecule has 5 nitrogen and oxygen atoms in total. The van der Waals surface area contributed by atoms with Crippen molar-refractivity contribution < 1.29 is 4.74 Å². The molecule has 5 heteroatoms. The lowest BCUT2D eigenvalue weighted by Gasteiger charge is -2.09. The Morgan fingerprint density at radius 2 is 1.71 bits per heavy atom. The van der Waals surface area contributed by atoms with E-state index < -0.39 is 0 Å². The molecule has 0 spiro atoms. The Labute approximate surface area is 140 Å². The largest absolute Gasteiger partial charge is 0.481 e. The van der Waals surface area contributed by atoms with Gasteiger partial charge in [-0.15, -0.1) is 0 Å². The molecule has 0 saturated heterocycles. The minimum absolute atomic E-state index is 0.566. The Morgan fingerprint density at radius 1 is 0.917 bits per heavy atom. The van der Waals surface area contributed by atoms with Crippen molar-refractivity contribution in [2.45, 2.75) is 20.8 Å². The van der Waals surface area contributed by atoms with E-state index in [1.54, 1.807) is 7.11 Å². The van der Waals surface area contributed by atoms with Gasteiger partial charge in [0.05, 0.1) is 24.0 Å². The third-order valence-electron chi connectivity index (χ3n) is 4.21. The molecule has 0 aliphatic heterocycles. The van der Waals surface area contributed by atoms with Crippen molar-refractivity contribution in [1.82, 2.24) is 19.4 Å². The van der Waals surface area contributed by atoms with Crippen molar-refractivity contribution in [3.63, 3.8) is 0 Å². The SMILES string of the molecule is COc1ccc2nc(C)c3c(C)nc(-c4cccc(C)c4)n3c2n1. The van der Waals surface area contributed by atoms with Crippen molar-refractivity contribution in [3.05, 3.63) is 53.3 Å². The molecule has 0 aliphatic carbocycles. The average molecular weight is 318 g/mol. The molecule has 120 valence electrons. The summed E-state index contributed by atoms with van der Waals surface area (Å²) in [7, 11) is 1.62. The number of methoxy groups -OCH3 is 1. The van der Waals surface area contributed by atoms with Gasteiger partial charge >= 0.3 is 0 Å². The highest BCUT2D eigenvalue weighted by molar-refractivity contribution is 5.81. The lowest BCUT2D eigenvalue weighted by Crippen LogP contribution is -2.00. The van der Waals surface area contributed by atoms with E-state index in [9.17, 15) is 0 Å². The predicted octanol–water partition coefficient (Wildman–Crippen LogP) is 3.88. The minimum atomic E-state index is 0.566. The number of imidazole rings is 1. The van der Waals surface area contributed by atoms with Gasteiger partial charge < -0.3 is 4.74 Å². The van der Waals surface area contributed by atoms with E-state index in [-0.39, 0.29) is 0 Å². The highest BCUT2D eigenvalue weighted by Crippen LogP contribution is 2.28. The van der Waals surface area contributed by atoms with E-state index in [1.807, 2.05) is 32.0 Å². The fourth-order valence-electron chi connectivity index (χ4n) is 3.16. The van der Waals surface area contributed by atoms with E-state index in [0.717, 1.165) is 39.5 Å². The summed E-state index contributed by atoms with van der Waals surface area (Å²) in [6.45, 7) is 6.10. The average Bonchev–Trinajstić information content (AvgIpc) is 2.93. The third-order valence-corrected chi connectivity index (χ3v) is 4.21. The van der Waals surface area contributed by atoms with Crippen LogP contribution in [0.5, 0.6) is 5.88 Å². The zero-order valence-electron chi connectivity index (χ0n) is 14.2. The molecule has 0 N–H and O–H groups in total. The Bertz CT molecular complexity index is 1080. The second-order valence-corrected chi connectivity index (χ2v) is 5.97. The zero-order valence-corrected chi connectivity index (χ0v) is 14.2. The number of benzene rings is 1. The summed E-state index contributed by atoms with van der Waals surface area (Å²) in [6.07, 6.45) is 0. The molecule has 0 bridgehead atoms. The Balaban J connectivity index is 2.18. The molecule has 0 aliphatic rings. The van der Waals surface area contributed by atoms with E-state index in [0.29, 0.717) is 5.88 Å². The first kappa shape index (κ1) is 14.6. The Morgan fingerprint density at radius 3 is 2.46 bits per heavy atom.